The molecule has 1 N–H and O–H groups in total. The molecule has 0 spiro atoms. The third kappa shape index (κ3) is 4.58. The van der Waals surface area contributed by atoms with Crippen molar-refractivity contribution in [3.05, 3.63) is 102 Å². The fraction of sp³-hybridized carbons (Fsp3) is 0.185. The number of carbonyl (C=O) groups is 1. The van der Waals surface area contributed by atoms with Crippen molar-refractivity contribution in [2.24, 2.45) is 0 Å². The summed E-state index contributed by atoms with van der Waals surface area (Å²) in [4.78, 5) is 17.3. The van der Waals surface area contributed by atoms with E-state index in [-0.39, 0.29) is 10.8 Å². The van der Waals surface area contributed by atoms with Crippen LogP contribution in [0, 0.1) is 0 Å². The Balaban J connectivity index is 1.30. The van der Waals surface area contributed by atoms with Gasteiger partial charge in [-0.3, -0.25) is 9.78 Å². The van der Waals surface area contributed by atoms with E-state index in [1.54, 1.807) is 30.6 Å². The SMILES string of the molecule is O=C(Nc1ccc(Cc2ccncc2)cc1)C1CCCN1S(=O)(=O)c1ccc2ccccc2c1. The summed E-state index contributed by atoms with van der Waals surface area (Å²) in [5.74, 6) is -0.302. The summed E-state index contributed by atoms with van der Waals surface area (Å²) in [7, 11) is -3.79. The lowest BCUT2D eigenvalue weighted by molar-refractivity contribution is -0.119. The second-order valence-corrected chi connectivity index (χ2v) is 10.4. The Morgan fingerprint density at radius 2 is 1.62 bits per heavy atom. The van der Waals surface area contributed by atoms with E-state index in [4.69, 9.17) is 0 Å². The lowest BCUT2D eigenvalue weighted by Gasteiger charge is -2.23. The van der Waals surface area contributed by atoms with Crippen molar-refractivity contribution in [3.63, 3.8) is 0 Å². The van der Waals surface area contributed by atoms with E-state index in [2.05, 4.69) is 10.3 Å². The molecule has 1 aliphatic rings. The molecule has 0 aliphatic carbocycles. The molecule has 1 unspecified atom stereocenters. The number of rotatable bonds is 6. The molecule has 1 atom stereocenters. The fourth-order valence-electron chi connectivity index (χ4n) is 4.42. The molecule has 5 rings (SSSR count). The Labute approximate surface area is 199 Å². The van der Waals surface area contributed by atoms with Gasteiger partial charge in [0.2, 0.25) is 15.9 Å². The van der Waals surface area contributed by atoms with Crippen LogP contribution < -0.4 is 5.32 Å². The third-order valence-corrected chi connectivity index (χ3v) is 8.12. The number of aromatic nitrogens is 1. The van der Waals surface area contributed by atoms with E-state index in [1.165, 1.54) is 4.31 Å². The maximum atomic E-state index is 13.4. The average molecular weight is 472 g/mol. The number of hydrogen-bond donors (Lipinski definition) is 1. The molecular weight excluding hydrogens is 446 g/mol. The highest BCUT2D eigenvalue weighted by atomic mass is 32.2. The zero-order chi connectivity index (χ0) is 23.5. The van der Waals surface area contributed by atoms with Gasteiger partial charge in [-0.15, -0.1) is 0 Å². The van der Waals surface area contributed by atoms with Gasteiger partial charge < -0.3 is 5.32 Å². The van der Waals surface area contributed by atoms with Crippen LogP contribution in [0.25, 0.3) is 10.8 Å². The topological polar surface area (TPSA) is 79.4 Å². The van der Waals surface area contributed by atoms with Crippen LogP contribution in [0.1, 0.15) is 24.0 Å². The lowest BCUT2D eigenvalue weighted by atomic mass is 10.1. The van der Waals surface area contributed by atoms with E-state index < -0.39 is 16.1 Å². The van der Waals surface area contributed by atoms with Gasteiger partial charge in [0.15, 0.2) is 0 Å². The first-order valence-corrected chi connectivity index (χ1v) is 12.7. The van der Waals surface area contributed by atoms with Crippen molar-refractivity contribution in [2.75, 3.05) is 11.9 Å². The Bertz CT molecular complexity index is 1420. The number of anilines is 1. The van der Waals surface area contributed by atoms with Gasteiger partial charge in [-0.05, 0) is 77.6 Å². The van der Waals surface area contributed by atoms with Gasteiger partial charge in [0, 0.05) is 24.6 Å². The third-order valence-electron chi connectivity index (χ3n) is 6.21. The van der Waals surface area contributed by atoms with E-state index >= 15 is 0 Å². The summed E-state index contributed by atoms with van der Waals surface area (Å²) < 4.78 is 28.1. The van der Waals surface area contributed by atoms with Crippen LogP contribution >= 0.6 is 0 Å². The predicted molar refractivity (Wildman–Crippen MR) is 133 cm³/mol. The summed E-state index contributed by atoms with van der Waals surface area (Å²) in [6.07, 6.45) is 5.46. The summed E-state index contributed by atoms with van der Waals surface area (Å²) in [5, 5.41) is 4.74. The van der Waals surface area contributed by atoms with Crippen LogP contribution in [0.3, 0.4) is 0 Å². The van der Waals surface area contributed by atoms with Crippen LogP contribution in [-0.4, -0.2) is 36.2 Å². The highest BCUT2D eigenvalue weighted by molar-refractivity contribution is 7.89. The minimum absolute atomic E-state index is 0.214. The van der Waals surface area contributed by atoms with Crippen molar-refractivity contribution in [1.29, 1.82) is 0 Å². The first kappa shape index (κ1) is 22.3. The van der Waals surface area contributed by atoms with Gasteiger partial charge in [0.1, 0.15) is 6.04 Å². The number of nitrogens with one attached hydrogen (secondary N) is 1. The highest BCUT2D eigenvalue weighted by Gasteiger charge is 2.39. The number of fused-ring (bicyclic) bond motifs is 1. The summed E-state index contributed by atoms with van der Waals surface area (Å²) in [6, 6.07) is 23.6. The first-order valence-electron chi connectivity index (χ1n) is 11.3. The Kier molecular flexibility index (Phi) is 6.13. The normalized spacial score (nSPS) is 16.5. The molecule has 1 aromatic heterocycles. The molecule has 3 aromatic carbocycles. The van der Waals surface area contributed by atoms with Gasteiger partial charge in [-0.1, -0.05) is 42.5 Å². The molecule has 1 amide bonds. The largest absolute Gasteiger partial charge is 0.325 e. The fourth-order valence-corrected chi connectivity index (χ4v) is 6.11. The van der Waals surface area contributed by atoms with E-state index in [9.17, 15) is 13.2 Å². The van der Waals surface area contributed by atoms with Crippen LogP contribution in [0.5, 0.6) is 0 Å². The van der Waals surface area contributed by atoms with Gasteiger partial charge in [0.05, 0.1) is 4.90 Å². The number of pyridine rings is 1. The van der Waals surface area contributed by atoms with Gasteiger partial charge in [-0.2, -0.15) is 4.31 Å². The summed E-state index contributed by atoms with van der Waals surface area (Å²) in [6.45, 7) is 0.331. The smallest absolute Gasteiger partial charge is 0.243 e. The molecule has 0 radical (unpaired) electrons. The second-order valence-electron chi connectivity index (χ2n) is 8.50. The van der Waals surface area contributed by atoms with Crippen LogP contribution in [0.15, 0.2) is 96.2 Å². The van der Waals surface area contributed by atoms with E-state index in [1.807, 2.05) is 60.7 Å². The minimum Gasteiger partial charge on any atom is -0.325 e. The lowest BCUT2D eigenvalue weighted by Crippen LogP contribution is -2.43. The highest BCUT2D eigenvalue weighted by Crippen LogP contribution is 2.29. The van der Waals surface area contributed by atoms with Crippen LogP contribution in [-0.2, 0) is 21.2 Å². The average Bonchev–Trinajstić information content (AvgIpc) is 3.37. The number of hydrogen-bond acceptors (Lipinski definition) is 4. The molecule has 172 valence electrons. The van der Waals surface area contributed by atoms with Gasteiger partial charge in [0.25, 0.3) is 0 Å². The predicted octanol–water partition coefficient (Wildman–Crippen LogP) is 4.62. The van der Waals surface area contributed by atoms with Crippen LogP contribution in [0.2, 0.25) is 0 Å². The van der Waals surface area contributed by atoms with Crippen LogP contribution in [0.4, 0.5) is 5.69 Å². The first-order chi connectivity index (χ1) is 16.5. The van der Waals surface area contributed by atoms with Crippen molar-refractivity contribution in [1.82, 2.24) is 9.29 Å². The standard InChI is InChI=1S/C27H25N3O3S/c31-27(29-24-10-7-20(8-11-24)18-21-13-15-28-16-14-21)26-6-3-17-30(26)34(32,33)25-12-9-22-4-1-2-5-23(22)19-25/h1-2,4-5,7-16,19,26H,3,6,17-18H2,(H,29,31). The molecule has 1 saturated heterocycles. The Morgan fingerprint density at radius 1 is 0.912 bits per heavy atom. The molecule has 1 fully saturated rings. The zero-order valence-electron chi connectivity index (χ0n) is 18.6. The molecule has 0 bridgehead atoms. The minimum atomic E-state index is -3.79. The molecule has 0 saturated carbocycles. The van der Waals surface area contributed by atoms with Crippen molar-refractivity contribution < 1.29 is 13.2 Å². The monoisotopic (exact) mass is 471 g/mol. The maximum absolute atomic E-state index is 13.4. The molecule has 2 heterocycles. The van der Waals surface area contributed by atoms with Gasteiger partial charge in [-0.25, -0.2) is 8.42 Å². The Hall–Kier alpha value is -3.55. The number of benzene rings is 3. The number of sulfonamides is 1. The number of carbonyl (C=O) groups excluding carboxylic acids is 1. The Morgan fingerprint density at radius 3 is 2.38 bits per heavy atom. The maximum Gasteiger partial charge on any atom is 0.243 e. The van der Waals surface area contributed by atoms with E-state index in [0.29, 0.717) is 25.1 Å². The summed E-state index contributed by atoms with van der Waals surface area (Å²) >= 11 is 0. The van der Waals surface area contributed by atoms with E-state index in [0.717, 1.165) is 28.3 Å². The van der Waals surface area contributed by atoms with Crippen molar-refractivity contribution in [3.8, 4) is 0 Å². The molecule has 4 aromatic rings. The molecule has 7 heteroatoms. The molecular formula is C27H25N3O3S. The zero-order valence-corrected chi connectivity index (χ0v) is 19.4. The number of amides is 1. The molecule has 6 nitrogen and oxygen atoms in total. The quantitative estimate of drug-likeness (QED) is 0.445. The van der Waals surface area contributed by atoms with Crippen molar-refractivity contribution >= 4 is 32.4 Å². The molecule has 1 aliphatic heterocycles. The number of nitrogens with zero attached hydrogens (tertiary/aromatic N) is 2. The summed E-state index contributed by atoms with van der Waals surface area (Å²) in [5.41, 5.74) is 2.93. The van der Waals surface area contributed by atoms with Crippen molar-refractivity contribution in [2.45, 2.75) is 30.2 Å². The van der Waals surface area contributed by atoms with Gasteiger partial charge >= 0.3 is 0 Å². The molecule has 34 heavy (non-hydrogen) atoms. The second kappa shape index (κ2) is 9.37.